The molecular weight excluding hydrogens is 204 g/mol. The third kappa shape index (κ3) is 2.84. The van der Waals surface area contributed by atoms with Crippen LogP contribution in [0.2, 0.25) is 0 Å². The maximum absolute atomic E-state index is 5.68. The number of hydrogen-bond acceptors (Lipinski definition) is 4. The summed E-state index contributed by atoms with van der Waals surface area (Å²) < 4.78 is 11.0. The first kappa shape index (κ1) is 11.6. The minimum Gasteiger partial charge on any atom is -0.465 e. The van der Waals surface area contributed by atoms with Gasteiger partial charge in [0.2, 0.25) is 0 Å². The van der Waals surface area contributed by atoms with Crippen LogP contribution >= 0.6 is 0 Å². The van der Waals surface area contributed by atoms with Crippen molar-refractivity contribution in [1.82, 2.24) is 10.2 Å². The lowest BCUT2D eigenvalue weighted by Crippen LogP contribution is -2.35. The largest absolute Gasteiger partial charge is 0.465 e. The second-order valence-corrected chi connectivity index (χ2v) is 4.21. The Hall–Kier alpha value is -0.840. The first-order chi connectivity index (χ1) is 7.79. The van der Waals surface area contributed by atoms with Gasteiger partial charge in [0.05, 0.1) is 19.8 Å². The van der Waals surface area contributed by atoms with E-state index in [1.807, 2.05) is 14.0 Å². The normalized spacial score (nSPS) is 17.9. The van der Waals surface area contributed by atoms with Gasteiger partial charge in [-0.1, -0.05) is 0 Å². The van der Waals surface area contributed by atoms with E-state index in [0.717, 1.165) is 50.9 Å². The molecular formula is C12H20N2O2. The summed E-state index contributed by atoms with van der Waals surface area (Å²) in [4.78, 5) is 2.41. The van der Waals surface area contributed by atoms with E-state index in [9.17, 15) is 0 Å². The fourth-order valence-corrected chi connectivity index (χ4v) is 2.01. The van der Waals surface area contributed by atoms with Crippen LogP contribution in [0.3, 0.4) is 0 Å². The molecule has 2 rings (SSSR count). The van der Waals surface area contributed by atoms with Gasteiger partial charge in [0.25, 0.3) is 0 Å². The quantitative estimate of drug-likeness (QED) is 0.832. The van der Waals surface area contributed by atoms with Gasteiger partial charge in [0, 0.05) is 25.2 Å². The standard InChI is InChI=1S/C12H20N2O2/c1-10-11(7-12(16-10)8-13-2)9-14-3-5-15-6-4-14/h7,13H,3-6,8-9H2,1-2H3. The van der Waals surface area contributed by atoms with Crippen LogP contribution in [-0.4, -0.2) is 38.3 Å². The van der Waals surface area contributed by atoms with Gasteiger partial charge in [-0.3, -0.25) is 4.90 Å². The molecule has 0 saturated carbocycles. The molecule has 0 aliphatic carbocycles. The first-order valence-corrected chi connectivity index (χ1v) is 5.82. The zero-order chi connectivity index (χ0) is 11.4. The van der Waals surface area contributed by atoms with E-state index in [0.29, 0.717) is 0 Å². The highest BCUT2D eigenvalue weighted by atomic mass is 16.5. The van der Waals surface area contributed by atoms with E-state index in [4.69, 9.17) is 9.15 Å². The molecule has 0 atom stereocenters. The van der Waals surface area contributed by atoms with Crippen molar-refractivity contribution in [2.24, 2.45) is 0 Å². The number of nitrogens with zero attached hydrogens (tertiary/aromatic N) is 1. The summed E-state index contributed by atoms with van der Waals surface area (Å²) >= 11 is 0. The summed E-state index contributed by atoms with van der Waals surface area (Å²) in [5.74, 6) is 2.06. The zero-order valence-corrected chi connectivity index (χ0v) is 10.1. The average molecular weight is 224 g/mol. The Morgan fingerprint density at radius 1 is 1.38 bits per heavy atom. The molecule has 4 heteroatoms. The molecule has 0 amide bonds. The Labute approximate surface area is 96.6 Å². The van der Waals surface area contributed by atoms with Crippen LogP contribution in [0.5, 0.6) is 0 Å². The van der Waals surface area contributed by atoms with Gasteiger partial charge in [0.1, 0.15) is 11.5 Å². The summed E-state index contributed by atoms with van der Waals surface area (Å²) in [5.41, 5.74) is 1.30. The Morgan fingerprint density at radius 3 is 2.81 bits per heavy atom. The average Bonchev–Trinajstić information content (AvgIpc) is 2.61. The van der Waals surface area contributed by atoms with Crippen molar-refractivity contribution in [3.8, 4) is 0 Å². The summed E-state index contributed by atoms with van der Waals surface area (Å²) in [7, 11) is 1.93. The van der Waals surface area contributed by atoms with E-state index in [1.54, 1.807) is 0 Å². The van der Waals surface area contributed by atoms with Gasteiger partial charge in [-0.2, -0.15) is 0 Å². The Morgan fingerprint density at radius 2 is 2.12 bits per heavy atom. The number of furan rings is 1. The van der Waals surface area contributed by atoms with Crippen LogP contribution in [0.1, 0.15) is 17.1 Å². The third-order valence-corrected chi connectivity index (χ3v) is 2.92. The maximum atomic E-state index is 5.68. The lowest BCUT2D eigenvalue weighted by molar-refractivity contribution is 0.0340. The number of morpholine rings is 1. The van der Waals surface area contributed by atoms with Crippen LogP contribution in [-0.2, 0) is 17.8 Å². The lowest BCUT2D eigenvalue weighted by Gasteiger charge is -2.26. The van der Waals surface area contributed by atoms with Gasteiger partial charge in [-0.15, -0.1) is 0 Å². The van der Waals surface area contributed by atoms with E-state index >= 15 is 0 Å². The van der Waals surface area contributed by atoms with E-state index < -0.39 is 0 Å². The third-order valence-electron chi connectivity index (χ3n) is 2.92. The molecule has 1 fully saturated rings. The summed E-state index contributed by atoms with van der Waals surface area (Å²) in [6.07, 6.45) is 0. The molecule has 1 saturated heterocycles. The number of ether oxygens (including phenoxy) is 1. The van der Waals surface area contributed by atoms with Gasteiger partial charge in [-0.25, -0.2) is 0 Å². The SMILES string of the molecule is CNCc1cc(CN2CCOCC2)c(C)o1. The number of aryl methyl sites for hydroxylation is 1. The van der Waals surface area contributed by atoms with Crippen LogP contribution in [0.4, 0.5) is 0 Å². The molecule has 4 nitrogen and oxygen atoms in total. The highest BCUT2D eigenvalue weighted by Crippen LogP contribution is 2.17. The van der Waals surface area contributed by atoms with Crippen molar-refractivity contribution in [3.05, 3.63) is 23.2 Å². The molecule has 1 aliphatic rings. The number of nitrogens with one attached hydrogen (secondary N) is 1. The Kier molecular flexibility index (Phi) is 3.98. The maximum Gasteiger partial charge on any atom is 0.118 e. The molecule has 16 heavy (non-hydrogen) atoms. The fraction of sp³-hybridized carbons (Fsp3) is 0.667. The smallest absolute Gasteiger partial charge is 0.118 e. The minimum absolute atomic E-state index is 0.796. The van der Waals surface area contributed by atoms with Gasteiger partial charge in [-0.05, 0) is 20.0 Å². The van der Waals surface area contributed by atoms with Gasteiger partial charge < -0.3 is 14.5 Å². The summed E-state index contributed by atoms with van der Waals surface area (Å²) in [5, 5.41) is 3.10. The molecule has 0 spiro atoms. The first-order valence-electron chi connectivity index (χ1n) is 5.82. The highest BCUT2D eigenvalue weighted by Gasteiger charge is 2.14. The Balaban J connectivity index is 1.96. The second-order valence-electron chi connectivity index (χ2n) is 4.21. The number of rotatable bonds is 4. The molecule has 2 heterocycles. The molecule has 0 bridgehead atoms. The van der Waals surface area contributed by atoms with E-state index in [-0.39, 0.29) is 0 Å². The zero-order valence-electron chi connectivity index (χ0n) is 10.1. The van der Waals surface area contributed by atoms with Crippen LogP contribution in [0.25, 0.3) is 0 Å². The lowest BCUT2D eigenvalue weighted by atomic mass is 10.2. The molecule has 0 radical (unpaired) electrons. The molecule has 90 valence electrons. The van der Waals surface area contributed by atoms with Crippen molar-refractivity contribution in [3.63, 3.8) is 0 Å². The monoisotopic (exact) mass is 224 g/mol. The van der Waals surface area contributed by atoms with E-state index in [1.165, 1.54) is 5.56 Å². The minimum atomic E-state index is 0.796. The predicted molar refractivity (Wildman–Crippen MR) is 62.3 cm³/mol. The van der Waals surface area contributed by atoms with Crippen LogP contribution < -0.4 is 5.32 Å². The van der Waals surface area contributed by atoms with Crippen molar-refractivity contribution in [2.75, 3.05) is 33.4 Å². The summed E-state index contributed by atoms with van der Waals surface area (Å²) in [6, 6.07) is 2.15. The Bertz CT molecular complexity index is 330. The predicted octanol–water partition coefficient (Wildman–Crippen LogP) is 1.14. The summed E-state index contributed by atoms with van der Waals surface area (Å²) in [6.45, 7) is 7.54. The molecule has 1 aromatic rings. The topological polar surface area (TPSA) is 37.6 Å². The molecule has 1 aromatic heterocycles. The molecule has 1 N–H and O–H groups in total. The van der Waals surface area contributed by atoms with Gasteiger partial charge in [0.15, 0.2) is 0 Å². The molecule has 1 aliphatic heterocycles. The van der Waals surface area contributed by atoms with Gasteiger partial charge >= 0.3 is 0 Å². The molecule has 0 aromatic carbocycles. The second kappa shape index (κ2) is 5.48. The van der Waals surface area contributed by atoms with Crippen molar-refractivity contribution < 1.29 is 9.15 Å². The molecule has 0 unspecified atom stereocenters. The van der Waals surface area contributed by atoms with Crippen molar-refractivity contribution in [2.45, 2.75) is 20.0 Å². The van der Waals surface area contributed by atoms with Crippen LogP contribution in [0, 0.1) is 6.92 Å². The van der Waals surface area contributed by atoms with E-state index in [2.05, 4.69) is 16.3 Å². The fourth-order valence-electron chi connectivity index (χ4n) is 2.01. The van der Waals surface area contributed by atoms with Crippen molar-refractivity contribution in [1.29, 1.82) is 0 Å². The van der Waals surface area contributed by atoms with Crippen LogP contribution in [0.15, 0.2) is 10.5 Å². The van der Waals surface area contributed by atoms with Crippen molar-refractivity contribution >= 4 is 0 Å². The highest BCUT2D eigenvalue weighted by molar-refractivity contribution is 5.20. The number of hydrogen-bond donors (Lipinski definition) is 1.